The van der Waals surface area contributed by atoms with Crippen molar-refractivity contribution < 1.29 is 14.3 Å². The van der Waals surface area contributed by atoms with E-state index < -0.39 is 0 Å². The molecule has 1 heterocycles. The second-order valence-electron chi connectivity index (χ2n) is 9.21. The van der Waals surface area contributed by atoms with Gasteiger partial charge < -0.3 is 9.64 Å². The number of fused-ring (bicyclic) bond motifs is 5. The number of carbonyl (C=O) groups excluding carboxylic acids is 2. The number of nitrogens with zero attached hydrogens (tertiary/aromatic N) is 1. The van der Waals surface area contributed by atoms with E-state index in [0.717, 1.165) is 44.6 Å². The maximum Gasteiger partial charge on any atom is 0.409 e. The van der Waals surface area contributed by atoms with Crippen LogP contribution in [0.2, 0.25) is 0 Å². The number of hydrogen-bond acceptors (Lipinski definition) is 3. The highest BCUT2D eigenvalue weighted by molar-refractivity contribution is 5.79. The lowest BCUT2D eigenvalue weighted by atomic mass is 9.46. The molecule has 4 heteroatoms. The lowest BCUT2D eigenvalue weighted by molar-refractivity contribution is -0.137. The Morgan fingerprint density at radius 2 is 1.92 bits per heavy atom. The van der Waals surface area contributed by atoms with Crippen LogP contribution in [0, 0.1) is 29.1 Å². The van der Waals surface area contributed by atoms with Gasteiger partial charge in [-0.05, 0) is 74.5 Å². The Bertz CT molecular complexity index is 561. The second-order valence-corrected chi connectivity index (χ2v) is 9.21. The third kappa shape index (κ3) is 2.10. The minimum absolute atomic E-state index is 0.0259. The van der Waals surface area contributed by atoms with E-state index in [1.165, 1.54) is 26.4 Å². The Morgan fingerprint density at radius 1 is 1.12 bits per heavy atom. The quantitative estimate of drug-likeness (QED) is 0.672. The summed E-state index contributed by atoms with van der Waals surface area (Å²) >= 11 is 0. The van der Waals surface area contributed by atoms with E-state index >= 15 is 0 Å². The zero-order valence-electron chi connectivity index (χ0n) is 15.3. The predicted molar refractivity (Wildman–Crippen MR) is 91.5 cm³/mol. The fourth-order valence-electron chi connectivity index (χ4n) is 7.14. The zero-order chi connectivity index (χ0) is 17.1. The number of Topliss-reactive ketones (excluding diaryl/α,β-unsaturated/α-hetero) is 1. The zero-order valence-corrected chi connectivity index (χ0v) is 15.3. The molecule has 0 N–H and O–H groups in total. The van der Waals surface area contributed by atoms with E-state index in [-0.39, 0.29) is 11.6 Å². The van der Waals surface area contributed by atoms with Crippen molar-refractivity contribution in [2.75, 3.05) is 13.7 Å². The first-order chi connectivity index (χ1) is 11.4. The monoisotopic (exact) mass is 333 g/mol. The van der Waals surface area contributed by atoms with Crippen molar-refractivity contribution in [3.8, 4) is 0 Å². The molecule has 0 bridgehead atoms. The minimum Gasteiger partial charge on any atom is -0.453 e. The molecule has 3 saturated carbocycles. The molecule has 24 heavy (non-hydrogen) atoms. The molecule has 1 aliphatic heterocycles. The Morgan fingerprint density at radius 3 is 2.67 bits per heavy atom. The van der Waals surface area contributed by atoms with Gasteiger partial charge in [0, 0.05) is 24.9 Å². The highest BCUT2D eigenvalue weighted by atomic mass is 16.5. The molecule has 0 aromatic rings. The molecular formula is C20H31NO3. The molecule has 134 valence electrons. The summed E-state index contributed by atoms with van der Waals surface area (Å²) < 4.78 is 5.05. The van der Waals surface area contributed by atoms with E-state index in [4.69, 9.17) is 4.74 Å². The van der Waals surface area contributed by atoms with Crippen LogP contribution in [-0.4, -0.2) is 36.0 Å². The van der Waals surface area contributed by atoms with Crippen molar-refractivity contribution >= 4 is 11.9 Å². The van der Waals surface area contributed by atoms with Gasteiger partial charge >= 0.3 is 6.09 Å². The molecule has 0 aromatic carbocycles. The van der Waals surface area contributed by atoms with Crippen LogP contribution in [0.4, 0.5) is 4.79 Å². The standard InChI is InChI=1S/C20H31NO3/c1-19-9-6-14(22)12-13(19)4-5-15-16(19)7-10-20(2)17(15)8-11-21(20)18(23)24-3/h13,15-17H,4-12H2,1-3H3/t13?,15-,16-,17+,19+,20+/m1/s1. The summed E-state index contributed by atoms with van der Waals surface area (Å²) in [6.45, 7) is 5.60. The van der Waals surface area contributed by atoms with Crippen LogP contribution in [0.15, 0.2) is 0 Å². The van der Waals surface area contributed by atoms with Crippen LogP contribution in [-0.2, 0) is 9.53 Å². The number of ether oxygens (including phenoxy) is 1. The molecule has 1 amide bonds. The summed E-state index contributed by atoms with van der Waals surface area (Å²) in [5.74, 6) is 3.13. The predicted octanol–water partition coefficient (Wildman–Crippen LogP) is 4.03. The van der Waals surface area contributed by atoms with Crippen molar-refractivity contribution in [3.63, 3.8) is 0 Å². The average Bonchev–Trinajstić information content (AvgIpc) is 2.92. The largest absolute Gasteiger partial charge is 0.453 e. The van der Waals surface area contributed by atoms with Gasteiger partial charge in [-0.25, -0.2) is 4.79 Å². The van der Waals surface area contributed by atoms with Crippen LogP contribution >= 0.6 is 0 Å². The normalized spacial score (nSPS) is 47.6. The molecule has 4 nitrogen and oxygen atoms in total. The van der Waals surface area contributed by atoms with E-state index in [2.05, 4.69) is 13.8 Å². The summed E-state index contributed by atoms with van der Waals surface area (Å²) in [5, 5.41) is 0. The topological polar surface area (TPSA) is 46.6 Å². The Kier molecular flexibility index (Phi) is 3.74. The highest BCUT2D eigenvalue weighted by Gasteiger charge is 2.60. The molecule has 6 atom stereocenters. The fraction of sp³-hybridized carbons (Fsp3) is 0.900. The van der Waals surface area contributed by atoms with Crippen molar-refractivity contribution in [1.29, 1.82) is 0 Å². The maximum atomic E-state index is 12.2. The molecule has 4 rings (SSSR count). The van der Waals surface area contributed by atoms with Crippen molar-refractivity contribution in [2.24, 2.45) is 29.1 Å². The molecule has 3 aliphatic carbocycles. The lowest BCUT2D eigenvalue weighted by Crippen LogP contribution is -2.58. The molecule has 4 fully saturated rings. The maximum absolute atomic E-state index is 12.2. The molecule has 0 spiro atoms. The lowest BCUT2D eigenvalue weighted by Gasteiger charge is -2.60. The summed E-state index contributed by atoms with van der Waals surface area (Å²) in [6, 6.07) is 0. The number of rotatable bonds is 0. The Hall–Kier alpha value is -1.06. The Balaban J connectivity index is 1.61. The van der Waals surface area contributed by atoms with Crippen LogP contribution in [0.1, 0.15) is 65.2 Å². The number of hydrogen-bond donors (Lipinski definition) is 0. The van der Waals surface area contributed by atoms with Gasteiger partial charge in [-0.2, -0.15) is 0 Å². The van der Waals surface area contributed by atoms with Gasteiger partial charge in [0.25, 0.3) is 0 Å². The third-order valence-electron chi connectivity index (χ3n) is 8.51. The van der Waals surface area contributed by atoms with E-state index in [1.807, 2.05) is 4.90 Å². The molecule has 1 unspecified atom stereocenters. The summed E-state index contributed by atoms with van der Waals surface area (Å²) in [5.41, 5.74) is 0.318. The summed E-state index contributed by atoms with van der Waals surface area (Å²) in [6.07, 6.45) is 8.39. The first-order valence-corrected chi connectivity index (χ1v) is 9.77. The van der Waals surface area contributed by atoms with Crippen LogP contribution in [0.3, 0.4) is 0 Å². The van der Waals surface area contributed by atoms with E-state index in [9.17, 15) is 9.59 Å². The van der Waals surface area contributed by atoms with E-state index in [0.29, 0.717) is 29.0 Å². The molecule has 0 aromatic heterocycles. The fourth-order valence-corrected chi connectivity index (χ4v) is 7.14. The SMILES string of the molecule is COC(=O)N1CC[C@H]2[C@@H]3CCC4CC(=O)CC[C@]4(C)[C@@H]3CC[C@@]21C. The average molecular weight is 333 g/mol. The number of methoxy groups -OCH3 is 1. The minimum atomic E-state index is -0.151. The highest BCUT2D eigenvalue weighted by Crippen LogP contribution is 2.63. The second kappa shape index (κ2) is 5.47. The number of carbonyl (C=O) groups is 2. The van der Waals surface area contributed by atoms with Crippen molar-refractivity contribution in [2.45, 2.75) is 70.8 Å². The summed E-state index contributed by atoms with van der Waals surface area (Å²) in [7, 11) is 1.50. The molecule has 1 saturated heterocycles. The van der Waals surface area contributed by atoms with Gasteiger partial charge in [-0.3, -0.25) is 4.79 Å². The van der Waals surface area contributed by atoms with Gasteiger partial charge in [-0.15, -0.1) is 0 Å². The van der Waals surface area contributed by atoms with Gasteiger partial charge in [-0.1, -0.05) is 6.92 Å². The third-order valence-corrected chi connectivity index (χ3v) is 8.51. The van der Waals surface area contributed by atoms with Gasteiger partial charge in [0.1, 0.15) is 5.78 Å². The number of amides is 1. The molecular weight excluding hydrogens is 302 g/mol. The summed E-state index contributed by atoms with van der Waals surface area (Å²) in [4.78, 5) is 26.2. The van der Waals surface area contributed by atoms with Crippen molar-refractivity contribution in [3.05, 3.63) is 0 Å². The number of likely N-dealkylation sites (tertiary alicyclic amines) is 1. The van der Waals surface area contributed by atoms with Crippen LogP contribution in [0.5, 0.6) is 0 Å². The first kappa shape index (κ1) is 16.4. The smallest absolute Gasteiger partial charge is 0.409 e. The van der Waals surface area contributed by atoms with Crippen LogP contribution in [0.25, 0.3) is 0 Å². The van der Waals surface area contributed by atoms with Crippen LogP contribution < -0.4 is 0 Å². The van der Waals surface area contributed by atoms with Gasteiger partial charge in [0.15, 0.2) is 0 Å². The number of ketones is 1. The molecule has 0 radical (unpaired) electrons. The Labute approximate surface area is 145 Å². The van der Waals surface area contributed by atoms with Gasteiger partial charge in [0.2, 0.25) is 0 Å². The van der Waals surface area contributed by atoms with Gasteiger partial charge in [0.05, 0.1) is 7.11 Å². The van der Waals surface area contributed by atoms with E-state index in [1.54, 1.807) is 0 Å². The first-order valence-electron chi connectivity index (χ1n) is 9.77. The molecule has 4 aliphatic rings. The van der Waals surface area contributed by atoms with Crippen molar-refractivity contribution in [1.82, 2.24) is 4.90 Å².